The maximum Gasteiger partial charge on any atom is 0.408 e. The van der Waals surface area contributed by atoms with E-state index < -0.39 is 11.7 Å². The quantitative estimate of drug-likeness (QED) is 0.489. The third-order valence-electron chi connectivity index (χ3n) is 4.65. The summed E-state index contributed by atoms with van der Waals surface area (Å²) in [7, 11) is 3.14. The molecule has 2 aromatic carbocycles. The Labute approximate surface area is 200 Å². The molecule has 0 radical (unpaired) electrons. The van der Waals surface area contributed by atoms with Crippen molar-refractivity contribution in [1.29, 1.82) is 0 Å². The number of rotatable bonds is 10. The largest absolute Gasteiger partial charge is 0.493 e. The van der Waals surface area contributed by atoms with Gasteiger partial charge < -0.3 is 30.2 Å². The summed E-state index contributed by atoms with van der Waals surface area (Å²) in [6.45, 7) is 5.21. The molecular formula is C25H33N3O6. The van der Waals surface area contributed by atoms with E-state index in [1.807, 2.05) is 30.3 Å². The monoisotopic (exact) mass is 471 g/mol. The highest BCUT2D eigenvalue weighted by Gasteiger charge is 2.16. The average Bonchev–Trinajstić information content (AvgIpc) is 2.79. The highest BCUT2D eigenvalue weighted by molar-refractivity contribution is 5.91. The van der Waals surface area contributed by atoms with E-state index in [4.69, 9.17) is 14.2 Å². The second-order valence-corrected chi connectivity index (χ2v) is 8.53. The number of hydrogen-bond donors (Lipinski definition) is 3. The molecule has 0 saturated heterocycles. The maximum absolute atomic E-state index is 12.5. The first-order valence-corrected chi connectivity index (χ1v) is 10.9. The Balaban J connectivity index is 1.86. The summed E-state index contributed by atoms with van der Waals surface area (Å²) in [5.74, 6) is 0.719. The Morgan fingerprint density at radius 2 is 1.59 bits per heavy atom. The second-order valence-electron chi connectivity index (χ2n) is 8.53. The Hall–Kier alpha value is -3.75. The summed E-state index contributed by atoms with van der Waals surface area (Å²) in [4.78, 5) is 36.3. The van der Waals surface area contributed by atoms with Crippen LogP contribution in [-0.2, 0) is 27.3 Å². The minimum absolute atomic E-state index is 0.153. The number of amides is 3. The van der Waals surface area contributed by atoms with E-state index in [9.17, 15) is 14.4 Å². The van der Waals surface area contributed by atoms with Crippen molar-refractivity contribution < 1.29 is 28.6 Å². The first-order valence-electron chi connectivity index (χ1n) is 10.9. The Bertz CT molecular complexity index is 1000. The number of aryl methyl sites for hydroxylation is 1. The van der Waals surface area contributed by atoms with E-state index in [1.54, 1.807) is 47.1 Å². The zero-order valence-electron chi connectivity index (χ0n) is 20.3. The molecule has 2 aromatic rings. The summed E-state index contributed by atoms with van der Waals surface area (Å²) in [6.07, 6.45) is 0.141. The van der Waals surface area contributed by atoms with Crippen LogP contribution in [0, 0.1) is 0 Å². The van der Waals surface area contributed by atoms with Crippen molar-refractivity contribution in [3.8, 4) is 11.5 Å². The van der Waals surface area contributed by atoms with Crippen LogP contribution in [0.25, 0.3) is 0 Å². The summed E-state index contributed by atoms with van der Waals surface area (Å²) in [6, 6.07) is 12.8. The highest BCUT2D eigenvalue weighted by atomic mass is 16.6. The Morgan fingerprint density at radius 1 is 0.882 bits per heavy atom. The number of anilines is 1. The van der Waals surface area contributed by atoms with Crippen LogP contribution in [0.5, 0.6) is 11.5 Å². The number of ether oxygens (including phenoxy) is 3. The van der Waals surface area contributed by atoms with Crippen LogP contribution < -0.4 is 25.4 Å². The van der Waals surface area contributed by atoms with Crippen LogP contribution in [0.1, 0.15) is 38.3 Å². The van der Waals surface area contributed by atoms with Gasteiger partial charge in [0.15, 0.2) is 11.5 Å². The first kappa shape index (κ1) is 26.5. The predicted octanol–water partition coefficient (Wildman–Crippen LogP) is 3.42. The lowest BCUT2D eigenvalue weighted by atomic mass is 10.1. The fraction of sp³-hybridized carbons (Fsp3) is 0.400. The van der Waals surface area contributed by atoms with Crippen molar-refractivity contribution >= 4 is 23.6 Å². The number of alkyl carbamates (subject to hydrolysis) is 1. The molecule has 0 saturated carbocycles. The summed E-state index contributed by atoms with van der Waals surface area (Å²) in [5.41, 5.74) is 1.66. The molecule has 0 aliphatic rings. The molecular weight excluding hydrogens is 438 g/mol. The molecule has 0 bridgehead atoms. The molecule has 3 amide bonds. The number of benzene rings is 2. The van der Waals surface area contributed by atoms with Crippen molar-refractivity contribution in [2.75, 3.05) is 26.1 Å². The number of nitrogens with one attached hydrogen (secondary N) is 3. The maximum atomic E-state index is 12.5. The van der Waals surface area contributed by atoms with Crippen LogP contribution in [-0.4, -0.2) is 44.3 Å². The van der Waals surface area contributed by atoms with Gasteiger partial charge in [0.2, 0.25) is 11.8 Å². The van der Waals surface area contributed by atoms with Crippen LogP contribution in [0.15, 0.2) is 42.5 Å². The van der Waals surface area contributed by atoms with Gasteiger partial charge in [0.25, 0.3) is 0 Å². The van der Waals surface area contributed by atoms with Crippen LogP contribution in [0.3, 0.4) is 0 Å². The van der Waals surface area contributed by atoms with E-state index in [0.717, 1.165) is 11.1 Å². The topological polar surface area (TPSA) is 115 Å². The minimum Gasteiger partial charge on any atom is -0.493 e. The summed E-state index contributed by atoms with van der Waals surface area (Å²) >= 11 is 0. The molecule has 0 aliphatic carbocycles. The highest BCUT2D eigenvalue weighted by Crippen LogP contribution is 2.28. The van der Waals surface area contributed by atoms with Gasteiger partial charge in [-0.25, -0.2) is 4.79 Å². The first-order chi connectivity index (χ1) is 16.1. The molecule has 34 heavy (non-hydrogen) atoms. The van der Waals surface area contributed by atoms with Crippen LogP contribution in [0.2, 0.25) is 0 Å². The summed E-state index contributed by atoms with van der Waals surface area (Å²) in [5, 5.41) is 8.03. The van der Waals surface area contributed by atoms with Crippen LogP contribution in [0.4, 0.5) is 10.5 Å². The van der Waals surface area contributed by atoms with Gasteiger partial charge in [0, 0.05) is 18.7 Å². The molecule has 9 nitrogen and oxygen atoms in total. The summed E-state index contributed by atoms with van der Waals surface area (Å²) < 4.78 is 15.6. The molecule has 9 heteroatoms. The van der Waals surface area contributed by atoms with Crippen molar-refractivity contribution in [2.45, 2.75) is 45.8 Å². The number of methoxy groups -OCH3 is 2. The molecule has 0 atom stereocenters. The van der Waals surface area contributed by atoms with Gasteiger partial charge >= 0.3 is 6.09 Å². The number of para-hydroxylation sites is 1. The molecule has 0 unspecified atom stereocenters. The fourth-order valence-corrected chi connectivity index (χ4v) is 3.03. The van der Waals surface area contributed by atoms with Crippen molar-refractivity contribution in [3.63, 3.8) is 0 Å². The zero-order valence-corrected chi connectivity index (χ0v) is 20.3. The van der Waals surface area contributed by atoms with Crippen molar-refractivity contribution in [1.82, 2.24) is 10.6 Å². The van der Waals surface area contributed by atoms with Crippen molar-refractivity contribution in [2.24, 2.45) is 0 Å². The molecule has 0 aliphatic heterocycles. The standard InChI is InChI=1S/C25H33N3O6/c1-25(2,3)34-24(31)27-16-23(30)26-15-18-8-6-7-9-19(18)28-22(29)13-11-17-10-12-20(32-4)21(14-17)33-5/h6-10,12,14H,11,13,15-16H2,1-5H3,(H,26,30)(H,27,31)(H,28,29). The zero-order chi connectivity index (χ0) is 25.1. The lowest BCUT2D eigenvalue weighted by molar-refractivity contribution is -0.120. The molecule has 3 N–H and O–H groups in total. The third-order valence-corrected chi connectivity index (χ3v) is 4.65. The lowest BCUT2D eigenvalue weighted by Gasteiger charge is -2.19. The molecule has 184 valence electrons. The fourth-order valence-electron chi connectivity index (χ4n) is 3.03. The third kappa shape index (κ3) is 9.01. The van der Waals surface area contributed by atoms with Gasteiger partial charge in [0.1, 0.15) is 12.1 Å². The molecule has 0 spiro atoms. The van der Waals surface area contributed by atoms with Crippen molar-refractivity contribution in [3.05, 3.63) is 53.6 Å². The van der Waals surface area contributed by atoms with Gasteiger partial charge in [-0.1, -0.05) is 24.3 Å². The van der Waals surface area contributed by atoms with Gasteiger partial charge in [0.05, 0.1) is 14.2 Å². The Morgan fingerprint density at radius 3 is 2.26 bits per heavy atom. The number of hydrogen-bond acceptors (Lipinski definition) is 6. The van der Waals surface area contributed by atoms with Crippen LogP contribution >= 0.6 is 0 Å². The predicted molar refractivity (Wildman–Crippen MR) is 129 cm³/mol. The van der Waals surface area contributed by atoms with Gasteiger partial charge in [-0.15, -0.1) is 0 Å². The molecule has 0 aromatic heterocycles. The van der Waals surface area contributed by atoms with E-state index in [2.05, 4.69) is 16.0 Å². The van der Waals surface area contributed by atoms with Gasteiger partial charge in [-0.3, -0.25) is 9.59 Å². The molecule has 2 rings (SSSR count). The average molecular weight is 472 g/mol. The number of carbonyl (C=O) groups is 3. The second kappa shape index (κ2) is 12.5. The lowest BCUT2D eigenvalue weighted by Crippen LogP contribution is -2.39. The normalized spacial score (nSPS) is 10.7. The SMILES string of the molecule is COc1ccc(CCC(=O)Nc2ccccc2CNC(=O)CNC(=O)OC(C)(C)C)cc1OC. The minimum atomic E-state index is -0.662. The molecule has 0 heterocycles. The van der Waals surface area contributed by atoms with Gasteiger partial charge in [-0.2, -0.15) is 0 Å². The molecule has 0 fully saturated rings. The van der Waals surface area contributed by atoms with E-state index in [-0.39, 0.29) is 31.3 Å². The number of carbonyl (C=O) groups excluding carboxylic acids is 3. The van der Waals surface area contributed by atoms with E-state index in [0.29, 0.717) is 23.6 Å². The Kier molecular flexibility index (Phi) is 9.73. The smallest absolute Gasteiger partial charge is 0.408 e. The van der Waals surface area contributed by atoms with E-state index in [1.165, 1.54) is 0 Å². The van der Waals surface area contributed by atoms with Gasteiger partial charge in [-0.05, 0) is 56.5 Å². The van der Waals surface area contributed by atoms with E-state index >= 15 is 0 Å².